The van der Waals surface area contributed by atoms with Gasteiger partial charge in [-0.25, -0.2) is 0 Å². The van der Waals surface area contributed by atoms with Crippen LogP contribution in [-0.2, 0) is 6.61 Å². The fourth-order valence-electron chi connectivity index (χ4n) is 3.29. The van der Waals surface area contributed by atoms with Crippen LogP contribution < -0.4 is 14.2 Å². The van der Waals surface area contributed by atoms with Crippen LogP contribution in [0.1, 0.15) is 34.0 Å². The molecule has 5 heteroatoms. The minimum absolute atomic E-state index is 0.149. The number of halogens is 1. The van der Waals surface area contributed by atoms with Gasteiger partial charge in [-0.2, -0.15) is 0 Å². The van der Waals surface area contributed by atoms with E-state index in [2.05, 4.69) is 0 Å². The predicted octanol–water partition coefficient (Wildman–Crippen LogP) is 6.24. The molecule has 0 bridgehead atoms. The van der Waals surface area contributed by atoms with Crippen molar-refractivity contribution in [3.05, 3.63) is 93.7 Å². The predicted molar refractivity (Wildman–Crippen MR) is 118 cm³/mol. The summed E-state index contributed by atoms with van der Waals surface area (Å²) in [6.45, 7) is 4.75. The van der Waals surface area contributed by atoms with Gasteiger partial charge >= 0.3 is 0 Å². The molecule has 0 saturated carbocycles. The van der Waals surface area contributed by atoms with E-state index in [1.807, 2.05) is 68.4 Å². The van der Waals surface area contributed by atoms with E-state index < -0.39 is 0 Å². The molecule has 0 aromatic heterocycles. The summed E-state index contributed by atoms with van der Waals surface area (Å²) in [7, 11) is 0. The number of hydrogen-bond donors (Lipinski definition) is 0. The highest BCUT2D eigenvalue weighted by Gasteiger charge is 2.30. The molecule has 0 unspecified atom stereocenters. The number of hydrogen-bond acceptors (Lipinski definition) is 4. The Morgan fingerprint density at radius 2 is 1.73 bits per heavy atom. The van der Waals surface area contributed by atoms with E-state index in [1.54, 1.807) is 12.1 Å². The molecular formula is C25H21ClO4. The van der Waals surface area contributed by atoms with Crippen molar-refractivity contribution in [2.45, 2.75) is 20.5 Å². The van der Waals surface area contributed by atoms with E-state index in [-0.39, 0.29) is 11.5 Å². The van der Waals surface area contributed by atoms with Crippen LogP contribution in [0.5, 0.6) is 17.2 Å². The van der Waals surface area contributed by atoms with Crippen molar-refractivity contribution in [1.82, 2.24) is 0 Å². The molecule has 0 atom stereocenters. The van der Waals surface area contributed by atoms with Crippen molar-refractivity contribution in [2.75, 3.05) is 6.61 Å². The van der Waals surface area contributed by atoms with E-state index >= 15 is 0 Å². The number of fused-ring (bicyclic) bond motifs is 1. The number of Topliss-reactive ketones (excluding diaryl/α,β-unsaturated/α-hetero) is 1. The molecule has 1 heterocycles. The SMILES string of the molecule is CCOc1ccccc1/C=C1\Oc2c(ccc(OCc3ccc(Cl)cc3)c2C)C1=O. The third kappa shape index (κ3) is 4.05. The molecule has 4 nitrogen and oxygen atoms in total. The lowest BCUT2D eigenvalue weighted by molar-refractivity contribution is 0.101. The minimum atomic E-state index is -0.149. The minimum Gasteiger partial charge on any atom is -0.493 e. The summed E-state index contributed by atoms with van der Waals surface area (Å²) in [5.74, 6) is 2.04. The molecule has 3 aromatic carbocycles. The van der Waals surface area contributed by atoms with Crippen LogP contribution in [0.15, 0.2) is 66.4 Å². The first-order valence-corrected chi connectivity index (χ1v) is 10.1. The maximum atomic E-state index is 12.9. The second kappa shape index (κ2) is 8.64. The van der Waals surface area contributed by atoms with Crippen molar-refractivity contribution in [3.63, 3.8) is 0 Å². The number of allylic oxidation sites excluding steroid dienone is 1. The van der Waals surface area contributed by atoms with Gasteiger partial charge in [-0.3, -0.25) is 4.79 Å². The Morgan fingerprint density at radius 1 is 0.967 bits per heavy atom. The van der Waals surface area contributed by atoms with Crippen molar-refractivity contribution in [2.24, 2.45) is 0 Å². The van der Waals surface area contributed by atoms with E-state index in [0.717, 1.165) is 16.7 Å². The standard InChI is InChI=1S/C25H21ClO4/c1-3-28-22-7-5-4-6-18(22)14-23-24(27)20-12-13-21(16(2)25(20)30-23)29-15-17-8-10-19(26)11-9-17/h4-14H,3,15H2,1-2H3/b23-14-. The fraction of sp³-hybridized carbons (Fsp3) is 0.160. The van der Waals surface area contributed by atoms with Gasteiger partial charge < -0.3 is 14.2 Å². The van der Waals surface area contributed by atoms with E-state index in [0.29, 0.717) is 41.0 Å². The highest BCUT2D eigenvalue weighted by Crippen LogP contribution is 2.40. The largest absolute Gasteiger partial charge is 0.493 e. The Morgan fingerprint density at radius 3 is 2.50 bits per heavy atom. The molecule has 152 valence electrons. The summed E-state index contributed by atoms with van der Waals surface area (Å²) < 4.78 is 17.6. The van der Waals surface area contributed by atoms with Gasteiger partial charge in [0.25, 0.3) is 0 Å². The molecular weight excluding hydrogens is 400 g/mol. The Balaban J connectivity index is 1.57. The van der Waals surface area contributed by atoms with Crippen LogP contribution in [0, 0.1) is 6.92 Å². The van der Waals surface area contributed by atoms with Gasteiger partial charge in [-0.15, -0.1) is 0 Å². The molecule has 0 spiro atoms. The first kappa shape index (κ1) is 20.0. The van der Waals surface area contributed by atoms with Gasteiger partial charge in [0, 0.05) is 16.1 Å². The third-order valence-electron chi connectivity index (χ3n) is 4.85. The van der Waals surface area contributed by atoms with Crippen LogP contribution in [0.2, 0.25) is 5.02 Å². The highest BCUT2D eigenvalue weighted by atomic mass is 35.5. The van der Waals surface area contributed by atoms with Crippen LogP contribution in [-0.4, -0.2) is 12.4 Å². The second-order valence-corrected chi connectivity index (χ2v) is 7.33. The second-order valence-electron chi connectivity index (χ2n) is 6.89. The Bertz CT molecular complexity index is 1120. The van der Waals surface area contributed by atoms with Gasteiger partial charge in [0.1, 0.15) is 23.9 Å². The number of para-hydroxylation sites is 1. The summed E-state index contributed by atoms with van der Waals surface area (Å²) in [5.41, 5.74) is 3.12. The smallest absolute Gasteiger partial charge is 0.231 e. The van der Waals surface area contributed by atoms with Crippen LogP contribution in [0.3, 0.4) is 0 Å². The number of carbonyl (C=O) groups is 1. The molecule has 0 amide bonds. The maximum Gasteiger partial charge on any atom is 0.231 e. The molecule has 3 aromatic rings. The summed E-state index contributed by atoms with van der Waals surface area (Å²) in [6.07, 6.45) is 1.72. The lowest BCUT2D eigenvalue weighted by atomic mass is 10.1. The lowest BCUT2D eigenvalue weighted by Crippen LogP contribution is -1.99. The number of carbonyl (C=O) groups excluding carboxylic acids is 1. The average Bonchev–Trinajstić information content (AvgIpc) is 3.07. The molecule has 1 aliphatic heterocycles. The fourth-order valence-corrected chi connectivity index (χ4v) is 3.42. The van der Waals surface area contributed by atoms with E-state index in [9.17, 15) is 4.79 Å². The maximum absolute atomic E-state index is 12.9. The van der Waals surface area contributed by atoms with Gasteiger partial charge in [-0.1, -0.05) is 41.9 Å². The topological polar surface area (TPSA) is 44.8 Å². The number of benzene rings is 3. The van der Waals surface area contributed by atoms with E-state index in [1.165, 1.54) is 0 Å². The normalized spacial score (nSPS) is 13.8. The molecule has 1 aliphatic rings. The Hall–Kier alpha value is -3.24. The summed E-state index contributed by atoms with van der Waals surface area (Å²) in [6, 6.07) is 18.6. The summed E-state index contributed by atoms with van der Waals surface area (Å²) in [5, 5.41) is 0.685. The molecule has 0 saturated heterocycles. The van der Waals surface area contributed by atoms with Gasteiger partial charge in [-0.05, 0) is 55.8 Å². The quantitative estimate of drug-likeness (QED) is 0.442. The van der Waals surface area contributed by atoms with Crippen LogP contribution in [0.25, 0.3) is 6.08 Å². The van der Waals surface area contributed by atoms with Crippen LogP contribution >= 0.6 is 11.6 Å². The Kier molecular flexibility index (Phi) is 5.77. The van der Waals surface area contributed by atoms with Crippen molar-refractivity contribution < 1.29 is 19.0 Å². The summed E-state index contributed by atoms with van der Waals surface area (Å²) in [4.78, 5) is 12.9. The zero-order chi connectivity index (χ0) is 21.1. The van der Waals surface area contributed by atoms with Crippen molar-refractivity contribution in [1.29, 1.82) is 0 Å². The average molecular weight is 421 g/mol. The van der Waals surface area contributed by atoms with Crippen molar-refractivity contribution in [3.8, 4) is 17.2 Å². The number of rotatable bonds is 6. The molecule has 0 N–H and O–H groups in total. The number of ketones is 1. The zero-order valence-electron chi connectivity index (χ0n) is 16.8. The zero-order valence-corrected chi connectivity index (χ0v) is 17.5. The summed E-state index contributed by atoms with van der Waals surface area (Å²) >= 11 is 5.93. The third-order valence-corrected chi connectivity index (χ3v) is 5.10. The highest BCUT2D eigenvalue weighted by molar-refractivity contribution is 6.30. The van der Waals surface area contributed by atoms with Crippen LogP contribution in [0.4, 0.5) is 0 Å². The van der Waals surface area contributed by atoms with Gasteiger partial charge in [0.05, 0.1) is 12.2 Å². The number of ether oxygens (including phenoxy) is 3. The Labute approximate surface area is 180 Å². The van der Waals surface area contributed by atoms with Gasteiger partial charge in [0.2, 0.25) is 5.78 Å². The molecule has 30 heavy (non-hydrogen) atoms. The molecule has 0 radical (unpaired) electrons. The first-order valence-electron chi connectivity index (χ1n) is 9.73. The van der Waals surface area contributed by atoms with Crippen molar-refractivity contribution >= 4 is 23.5 Å². The lowest BCUT2D eigenvalue weighted by Gasteiger charge is -2.11. The van der Waals surface area contributed by atoms with E-state index in [4.69, 9.17) is 25.8 Å². The molecule has 0 aliphatic carbocycles. The van der Waals surface area contributed by atoms with Gasteiger partial charge in [0.15, 0.2) is 5.76 Å². The molecule has 4 rings (SSSR count). The first-order chi connectivity index (χ1) is 14.6. The molecule has 0 fully saturated rings. The monoisotopic (exact) mass is 420 g/mol.